The van der Waals surface area contributed by atoms with Crippen LogP contribution in [0.15, 0.2) is 42.6 Å². The molecule has 3 aliphatic rings. The zero-order valence-corrected chi connectivity index (χ0v) is 18.8. The third kappa shape index (κ3) is 4.44. The number of amides is 1. The first-order chi connectivity index (χ1) is 15.2. The third-order valence-corrected chi connectivity index (χ3v) is 7.55. The molecule has 0 unspecified atom stereocenters. The van der Waals surface area contributed by atoms with Crippen LogP contribution >= 0.6 is 11.6 Å². The van der Waals surface area contributed by atoms with E-state index in [1.165, 1.54) is 37.7 Å². The standard InChI is InChI=1S/C25H31ClN4O/c26-23-7-4-12-27-24(23)29-15-13-28(14-16-29)22-17-30(18-22)25(31)21-10-8-20(9-11-21)19-5-2-1-3-6-19/h4,7-12,19,22H,1-3,5-6,13-18H2. The van der Waals surface area contributed by atoms with Gasteiger partial charge in [0.1, 0.15) is 5.82 Å². The number of piperazine rings is 1. The lowest BCUT2D eigenvalue weighted by molar-refractivity contribution is 0.0246. The number of carbonyl (C=O) groups is 1. The van der Waals surface area contributed by atoms with Crippen LogP contribution < -0.4 is 4.90 Å². The zero-order chi connectivity index (χ0) is 21.2. The Morgan fingerprint density at radius 2 is 1.65 bits per heavy atom. The van der Waals surface area contributed by atoms with Gasteiger partial charge in [-0.25, -0.2) is 4.98 Å². The minimum atomic E-state index is 0.172. The third-order valence-electron chi connectivity index (χ3n) is 7.25. The van der Waals surface area contributed by atoms with Crippen molar-refractivity contribution in [2.75, 3.05) is 44.2 Å². The van der Waals surface area contributed by atoms with Crippen LogP contribution in [-0.4, -0.2) is 66.0 Å². The molecule has 0 spiro atoms. The molecular formula is C25H31ClN4O. The number of nitrogens with zero attached hydrogens (tertiary/aromatic N) is 4. The van der Waals surface area contributed by atoms with Gasteiger partial charge in [0.2, 0.25) is 0 Å². The molecule has 1 amide bonds. The highest BCUT2D eigenvalue weighted by Crippen LogP contribution is 2.33. The highest BCUT2D eigenvalue weighted by Gasteiger charge is 2.36. The van der Waals surface area contributed by atoms with Crippen molar-refractivity contribution >= 4 is 23.3 Å². The predicted octanol–water partition coefficient (Wildman–Crippen LogP) is 4.43. The second-order valence-electron chi connectivity index (χ2n) is 9.15. The van der Waals surface area contributed by atoms with Gasteiger partial charge < -0.3 is 9.80 Å². The lowest BCUT2D eigenvalue weighted by Crippen LogP contribution is -2.64. The maximum absolute atomic E-state index is 12.9. The fourth-order valence-electron chi connectivity index (χ4n) is 5.28. The molecule has 3 heterocycles. The number of hydrogen-bond acceptors (Lipinski definition) is 4. The monoisotopic (exact) mass is 438 g/mol. The van der Waals surface area contributed by atoms with Gasteiger partial charge in [-0.05, 0) is 48.6 Å². The average Bonchev–Trinajstić information content (AvgIpc) is 2.80. The number of likely N-dealkylation sites (tertiary alicyclic amines) is 1. The summed E-state index contributed by atoms with van der Waals surface area (Å²) >= 11 is 6.30. The molecule has 0 atom stereocenters. The molecule has 0 radical (unpaired) electrons. The molecule has 0 bridgehead atoms. The van der Waals surface area contributed by atoms with Gasteiger partial charge in [-0.2, -0.15) is 0 Å². The summed E-state index contributed by atoms with van der Waals surface area (Å²) in [5.74, 6) is 1.74. The number of pyridine rings is 1. The van der Waals surface area contributed by atoms with Crippen molar-refractivity contribution in [2.24, 2.45) is 0 Å². The van der Waals surface area contributed by atoms with Crippen LogP contribution in [0.2, 0.25) is 5.02 Å². The van der Waals surface area contributed by atoms with E-state index < -0.39 is 0 Å². The zero-order valence-electron chi connectivity index (χ0n) is 18.0. The summed E-state index contributed by atoms with van der Waals surface area (Å²) in [6.07, 6.45) is 8.43. The fourth-order valence-corrected chi connectivity index (χ4v) is 5.52. The summed E-state index contributed by atoms with van der Waals surface area (Å²) in [6.45, 7) is 5.46. The van der Waals surface area contributed by atoms with Crippen molar-refractivity contribution in [1.29, 1.82) is 0 Å². The Kier molecular flexibility index (Phi) is 6.15. The Morgan fingerprint density at radius 3 is 2.32 bits per heavy atom. The van der Waals surface area contributed by atoms with Crippen molar-refractivity contribution in [3.63, 3.8) is 0 Å². The second-order valence-corrected chi connectivity index (χ2v) is 9.56. The molecule has 1 aromatic carbocycles. The lowest BCUT2D eigenvalue weighted by Gasteiger charge is -2.48. The normalized spacial score (nSPS) is 21.2. The molecule has 5 rings (SSSR count). The van der Waals surface area contributed by atoms with E-state index in [0.717, 1.165) is 50.6 Å². The first kappa shape index (κ1) is 20.8. The Labute approximate surface area is 190 Å². The summed E-state index contributed by atoms with van der Waals surface area (Å²) in [5, 5.41) is 0.714. The minimum absolute atomic E-state index is 0.172. The van der Waals surface area contributed by atoms with Crippen LogP contribution in [0.1, 0.15) is 53.9 Å². The molecule has 2 saturated heterocycles. The number of aromatic nitrogens is 1. The molecule has 1 aromatic heterocycles. The number of benzene rings is 1. The van der Waals surface area contributed by atoms with Gasteiger partial charge in [-0.15, -0.1) is 0 Å². The Balaban J connectivity index is 1.11. The van der Waals surface area contributed by atoms with Crippen LogP contribution in [0.25, 0.3) is 0 Å². The molecule has 2 aliphatic heterocycles. The molecule has 2 aromatic rings. The molecule has 31 heavy (non-hydrogen) atoms. The first-order valence-electron chi connectivity index (χ1n) is 11.7. The smallest absolute Gasteiger partial charge is 0.253 e. The average molecular weight is 439 g/mol. The number of halogens is 1. The van der Waals surface area contributed by atoms with E-state index in [1.54, 1.807) is 6.20 Å². The van der Waals surface area contributed by atoms with Crippen molar-refractivity contribution in [1.82, 2.24) is 14.8 Å². The van der Waals surface area contributed by atoms with Gasteiger partial charge in [0, 0.05) is 57.1 Å². The van der Waals surface area contributed by atoms with E-state index >= 15 is 0 Å². The van der Waals surface area contributed by atoms with Crippen LogP contribution in [0, 0.1) is 0 Å². The molecule has 1 saturated carbocycles. The fraction of sp³-hybridized carbons (Fsp3) is 0.520. The quantitative estimate of drug-likeness (QED) is 0.708. The van der Waals surface area contributed by atoms with Crippen molar-refractivity contribution in [3.8, 4) is 0 Å². The van der Waals surface area contributed by atoms with Crippen molar-refractivity contribution in [2.45, 2.75) is 44.1 Å². The SMILES string of the molecule is O=C(c1ccc(C2CCCCC2)cc1)N1CC(N2CCN(c3ncccc3Cl)CC2)C1. The van der Waals surface area contributed by atoms with Gasteiger partial charge in [0.15, 0.2) is 0 Å². The summed E-state index contributed by atoms with van der Waals surface area (Å²) in [6, 6.07) is 12.7. The number of carbonyl (C=O) groups excluding carboxylic acids is 1. The Hall–Kier alpha value is -2.11. The minimum Gasteiger partial charge on any atom is -0.353 e. The van der Waals surface area contributed by atoms with Crippen molar-refractivity contribution in [3.05, 3.63) is 58.7 Å². The van der Waals surface area contributed by atoms with Crippen LogP contribution in [-0.2, 0) is 0 Å². The van der Waals surface area contributed by atoms with E-state index in [1.807, 2.05) is 29.2 Å². The summed E-state index contributed by atoms with van der Waals surface area (Å²) in [5.41, 5.74) is 2.23. The van der Waals surface area contributed by atoms with Crippen LogP contribution in [0.5, 0.6) is 0 Å². The number of anilines is 1. The van der Waals surface area contributed by atoms with Crippen LogP contribution in [0.4, 0.5) is 5.82 Å². The van der Waals surface area contributed by atoms with E-state index in [4.69, 9.17) is 11.6 Å². The van der Waals surface area contributed by atoms with E-state index in [2.05, 4.69) is 26.9 Å². The lowest BCUT2D eigenvalue weighted by atomic mass is 9.84. The van der Waals surface area contributed by atoms with Crippen LogP contribution in [0.3, 0.4) is 0 Å². The van der Waals surface area contributed by atoms with Gasteiger partial charge in [-0.1, -0.05) is 43.0 Å². The van der Waals surface area contributed by atoms with Gasteiger partial charge in [0.05, 0.1) is 5.02 Å². The Bertz CT molecular complexity index is 898. The molecular weight excluding hydrogens is 408 g/mol. The summed E-state index contributed by atoms with van der Waals surface area (Å²) in [7, 11) is 0. The van der Waals surface area contributed by atoms with Gasteiger partial charge in [0.25, 0.3) is 5.91 Å². The number of hydrogen-bond donors (Lipinski definition) is 0. The van der Waals surface area contributed by atoms with E-state index in [0.29, 0.717) is 17.0 Å². The molecule has 3 fully saturated rings. The maximum atomic E-state index is 12.9. The summed E-state index contributed by atoms with van der Waals surface area (Å²) < 4.78 is 0. The Morgan fingerprint density at radius 1 is 0.935 bits per heavy atom. The topological polar surface area (TPSA) is 39.7 Å². The molecule has 164 valence electrons. The first-order valence-corrected chi connectivity index (χ1v) is 12.1. The highest BCUT2D eigenvalue weighted by atomic mass is 35.5. The van der Waals surface area contributed by atoms with E-state index in [9.17, 15) is 4.79 Å². The molecule has 5 nitrogen and oxygen atoms in total. The summed E-state index contributed by atoms with van der Waals surface area (Å²) in [4.78, 5) is 24.1. The van der Waals surface area contributed by atoms with Crippen molar-refractivity contribution < 1.29 is 4.79 Å². The number of rotatable bonds is 4. The second kappa shape index (κ2) is 9.17. The predicted molar refractivity (Wildman–Crippen MR) is 125 cm³/mol. The van der Waals surface area contributed by atoms with Gasteiger partial charge >= 0.3 is 0 Å². The largest absolute Gasteiger partial charge is 0.353 e. The van der Waals surface area contributed by atoms with Gasteiger partial charge in [-0.3, -0.25) is 9.69 Å². The highest BCUT2D eigenvalue weighted by molar-refractivity contribution is 6.32. The maximum Gasteiger partial charge on any atom is 0.253 e. The molecule has 1 aliphatic carbocycles. The van der Waals surface area contributed by atoms with E-state index in [-0.39, 0.29) is 5.91 Å². The molecule has 6 heteroatoms. The molecule has 0 N–H and O–H groups in total.